The van der Waals surface area contributed by atoms with Crippen LogP contribution in [0, 0.1) is 11.7 Å². The van der Waals surface area contributed by atoms with Crippen molar-refractivity contribution in [2.24, 2.45) is 16.6 Å². The number of pyridine rings is 1. The molecule has 5 nitrogen and oxygen atoms in total. The number of halogens is 6. The van der Waals surface area contributed by atoms with Gasteiger partial charge in [-0.2, -0.15) is 13.2 Å². The van der Waals surface area contributed by atoms with Gasteiger partial charge in [0.05, 0.1) is 21.3 Å². The summed E-state index contributed by atoms with van der Waals surface area (Å²) in [7, 11) is 0. The highest BCUT2D eigenvalue weighted by Gasteiger charge is 2.34. The summed E-state index contributed by atoms with van der Waals surface area (Å²) in [6.45, 7) is 0. The van der Waals surface area contributed by atoms with Gasteiger partial charge in [-0.15, -0.1) is 0 Å². The maximum Gasteiger partial charge on any atom is 0.430 e. The van der Waals surface area contributed by atoms with Gasteiger partial charge in [0.1, 0.15) is 5.70 Å². The van der Waals surface area contributed by atoms with Gasteiger partial charge in [-0.3, -0.25) is 14.8 Å². The molecule has 2 aromatic rings. The van der Waals surface area contributed by atoms with Crippen molar-refractivity contribution in [1.82, 2.24) is 4.98 Å². The Morgan fingerprint density at radius 2 is 1.87 bits per heavy atom. The first-order valence-electron chi connectivity index (χ1n) is 8.59. The van der Waals surface area contributed by atoms with E-state index in [1.165, 1.54) is 24.5 Å². The van der Waals surface area contributed by atoms with E-state index in [9.17, 15) is 22.4 Å². The number of aliphatic imine (C=N–C) groups is 1. The Morgan fingerprint density at radius 3 is 2.40 bits per heavy atom. The van der Waals surface area contributed by atoms with Gasteiger partial charge in [0.25, 0.3) is 5.91 Å². The molecule has 1 aliphatic rings. The number of alkyl halides is 3. The standard InChI is InChI=1S/C19H14Cl2F4N4O/c20-11-7-27-8-12(21)17(11)18(30)28-10-3-4-14(13(22)5-10)29-15(9-1-2-9)6-16(26)19(23,24)25/h3-9H,1-2,26H2,(H,28,30). The van der Waals surface area contributed by atoms with Crippen LogP contribution < -0.4 is 11.1 Å². The predicted octanol–water partition coefficient (Wildman–Crippen LogP) is 5.67. The molecule has 3 N–H and O–H groups in total. The van der Waals surface area contributed by atoms with Gasteiger partial charge in [0.15, 0.2) is 5.82 Å². The van der Waals surface area contributed by atoms with Crippen molar-refractivity contribution in [3.63, 3.8) is 0 Å². The maximum atomic E-state index is 14.5. The number of carbonyl (C=O) groups is 1. The number of nitrogens with zero attached hydrogens (tertiary/aromatic N) is 2. The summed E-state index contributed by atoms with van der Waals surface area (Å²) in [6, 6.07) is 3.58. The Kier molecular flexibility index (Phi) is 6.33. The Bertz CT molecular complexity index is 1030. The van der Waals surface area contributed by atoms with E-state index < -0.39 is 23.6 Å². The van der Waals surface area contributed by atoms with Crippen molar-refractivity contribution >= 4 is 46.2 Å². The molecule has 0 aliphatic heterocycles. The molecule has 3 rings (SSSR count). The van der Waals surface area contributed by atoms with Crippen LogP contribution in [0.1, 0.15) is 23.2 Å². The Balaban J connectivity index is 1.84. The van der Waals surface area contributed by atoms with Crippen LogP contribution in [-0.2, 0) is 0 Å². The summed E-state index contributed by atoms with van der Waals surface area (Å²) in [5, 5.41) is 2.48. The number of aromatic nitrogens is 1. The smallest absolute Gasteiger partial charge is 0.395 e. The summed E-state index contributed by atoms with van der Waals surface area (Å²) < 4.78 is 52.6. The second kappa shape index (κ2) is 8.61. The molecule has 1 saturated carbocycles. The summed E-state index contributed by atoms with van der Waals surface area (Å²) in [4.78, 5) is 20.1. The third kappa shape index (κ3) is 5.28. The number of allylic oxidation sites excluding steroid dienone is 2. The minimum Gasteiger partial charge on any atom is -0.395 e. The van der Waals surface area contributed by atoms with Crippen LogP contribution in [0.3, 0.4) is 0 Å². The van der Waals surface area contributed by atoms with Crippen molar-refractivity contribution in [2.45, 2.75) is 19.0 Å². The molecular weight excluding hydrogens is 447 g/mol. The minimum atomic E-state index is -4.70. The molecule has 1 aromatic carbocycles. The SMILES string of the molecule is NC(=CC(=Nc1ccc(NC(=O)c2c(Cl)cncc2Cl)cc1F)C1CC1)C(F)(F)F. The van der Waals surface area contributed by atoms with Crippen molar-refractivity contribution in [2.75, 3.05) is 5.32 Å². The van der Waals surface area contributed by atoms with Gasteiger partial charge in [0.2, 0.25) is 0 Å². The number of amides is 1. The third-order valence-electron chi connectivity index (χ3n) is 4.16. The largest absolute Gasteiger partial charge is 0.430 e. The van der Waals surface area contributed by atoms with E-state index in [0.717, 1.165) is 12.1 Å². The fraction of sp³-hybridized carbons (Fsp3) is 0.211. The highest BCUT2D eigenvalue weighted by atomic mass is 35.5. The van der Waals surface area contributed by atoms with Gasteiger partial charge in [-0.25, -0.2) is 4.39 Å². The van der Waals surface area contributed by atoms with Crippen LogP contribution in [0.2, 0.25) is 10.0 Å². The fourth-order valence-corrected chi connectivity index (χ4v) is 3.03. The fourth-order valence-electron chi connectivity index (χ4n) is 2.50. The lowest BCUT2D eigenvalue weighted by atomic mass is 10.2. The maximum absolute atomic E-state index is 14.5. The van der Waals surface area contributed by atoms with Crippen molar-refractivity contribution in [3.05, 3.63) is 63.8 Å². The average molecular weight is 461 g/mol. The van der Waals surface area contributed by atoms with E-state index in [1.807, 2.05) is 0 Å². The highest BCUT2D eigenvalue weighted by Crippen LogP contribution is 2.35. The van der Waals surface area contributed by atoms with Crippen LogP contribution in [-0.4, -0.2) is 22.8 Å². The summed E-state index contributed by atoms with van der Waals surface area (Å²) >= 11 is 11.8. The van der Waals surface area contributed by atoms with Gasteiger partial charge in [-0.05, 0) is 37.1 Å². The van der Waals surface area contributed by atoms with Crippen LogP contribution in [0.25, 0.3) is 0 Å². The molecule has 1 aliphatic carbocycles. The number of nitrogens with two attached hydrogens (primary N) is 1. The Morgan fingerprint density at radius 1 is 1.23 bits per heavy atom. The molecule has 0 unspecified atom stereocenters. The molecule has 158 valence electrons. The predicted molar refractivity (Wildman–Crippen MR) is 107 cm³/mol. The molecular formula is C19H14Cl2F4N4O. The average Bonchev–Trinajstić information content (AvgIpc) is 3.47. The lowest BCUT2D eigenvalue weighted by Gasteiger charge is -2.10. The quantitative estimate of drug-likeness (QED) is 0.445. The monoisotopic (exact) mass is 460 g/mol. The zero-order valence-electron chi connectivity index (χ0n) is 15.1. The number of carbonyl (C=O) groups excluding carboxylic acids is 1. The Hall–Kier alpha value is -2.65. The van der Waals surface area contributed by atoms with Gasteiger partial charge in [-0.1, -0.05) is 23.2 Å². The molecule has 1 amide bonds. The molecule has 30 heavy (non-hydrogen) atoms. The van der Waals surface area contributed by atoms with Crippen LogP contribution in [0.5, 0.6) is 0 Å². The summed E-state index contributed by atoms with van der Waals surface area (Å²) in [5.41, 5.74) is 3.68. The summed E-state index contributed by atoms with van der Waals surface area (Å²) in [6.07, 6.45) is -0.216. The molecule has 0 radical (unpaired) electrons. The van der Waals surface area contributed by atoms with Crippen LogP contribution >= 0.6 is 23.2 Å². The molecule has 0 spiro atoms. The molecule has 1 fully saturated rings. The zero-order valence-corrected chi connectivity index (χ0v) is 16.6. The lowest BCUT2D eigenvalue weighted by Crippen LogP contribution is -2.21. The molecule has 0 bridgehead atoms. The number of benzene rings is 1. The first-order valence-corrected chi connectivity index (χ1v) is 9.34. The summed E-state index contributed by atoms with van der Waals surface area (Å²) in [5.74, 6) is -1.72. The number of hydrogen-bond donors (Lipinski definition) is 2. The minimum absolute atomic E-state index is 0.0183. The van der Waals surface area contributed by atoms with E-state index in [2.05, 4.69) is 15.3 Å². The second-order valence-corrected chi connectivity index (χ2v) is 7.32. The van der Waals surface area contributed by atoms with E-state index in [4.69, 9.17) is 28.9 Å². The van der Waals surface area contributed by atoms with Crippen LogP contribution in [0.15, 0.2) is 47.4 Å². The van der Waals surface area contributed by atoms with Crippen molar-refractivity contribution < 1.29 is 22.4 Å². The molecule has 0 saturated heterocycles. The van der Waals surface area contributed by atoms with Crippen molar-refractivity contribution in [1.29, 1.82) is 0 Å². The zero-order chi connectivity index (χ0) is 22.1. The number of hydrogen-bond acceptors (Lipinski definition) is 4. The first-order chi connectivity index (χ1) is 14.1. The first kappa shape index (κ1) is 22.0. The lowest BCUT2D eigenvalue weighted by molar-refractivity contribution is -0.0925. The number of anilines is 1. The van der Waals surface area contributed by atoms with Crippen LogP contribution in [0.4, 0.5) is 28.9 Å². The molecule has 1 heterocycles. The molecule has 0 atom stereocenters. The van der Waals surface area contributed by atoms with Gasteiger partial charge in [0, 0.05) is 29.7 Å². The molecule has 1 aromatic heterocycles. The third-order valence-corrected chi connectivity index (χ3v) is 4.74. The molecule has 11 heteroatoms. The highest BCUT2D eigenvalue weighted by molar-refractivity contribution is 6.40. The topological polar surface area (TPSA) is 80.4 Å². The number of rotatable bonds is 5. The van der Waals surface area contributed by atoms with E-state index in [-0.39, 0.29) is 38.6 Å². The van der Waals surface area contributed by atoms with E-state index in [0.29, 0.717) is 12.8 Å². The van der Waals surface area contributed by atoms with Crippen molar-refractivity contribution in [3.8, 4) is 0 Å². The van der Waals surface area contributed by atoms with E-state index >= 15 is 0 Å². The van der Waals surface area contributed by atoms with E-state index in [1.54, 1.807) is 0 Å². The number of nitrogens with one attached hydrogen (secondary N) is 1. The van der Waals surface area contributed by atoms with Gasteiger partial charge < -0.3 is 11.1 Å². The Labute approximate surface area is 178 Å². The second-order valence-electron chi connectivity index (χ2n) is 6.51. The van der Waals surface area contributed by atoms with Gasteiger partial charge >= 0.3 is 6.18 Å². The normalized spacial score (nSPS) is 15.3.